The number of nitrogens with zero attached hydrogens (tertiary/aromatic N) is 1. The molecule has 0 bridgehead atoms. The standard InChI is InChI=1S/C17H24N2O5/c1-23-14-4-2-5-15(12-14)24-11-3-8-18-17(22)19-9-6-13(7-10-19)16(20)21/h2,4-5,12-13H,3,6-11H2,1H3,(H,18,22)(H,20,21). The van der Waals surface area contributed by atoms with Crippen molar-refractivity contribution in [2.75, 3.05) is 33.4 Å². The normalized spacial score (nSPS) is 15.0. The Morgan fingerprint density at radius 3 is 2.67 bits per heavy atom. The fraction of sp³-hybridized carbons (Fsp3) is 0.529. The number of rotatable bonds is 7. The fourth-order valence-electron chi connectivity index (χ4n) is 2.59. The van der Waals surface area contributed by atoms with Crippen LogP contribution in [-0.2, 0) is 4.79 Å². The predicted molar refractivity (Wildman–Crippen MR) is 88.4 cm³/mol. The first-order chi connectivity index (χ1) is 11.6. The lowest BCUT2D eigenvalue weighted by atomic mass is 9.97. The number of urea groups is 1. The third-order valence-electron chi connectivity index (χ3n) is 4.04. The molecular weight excluding hydrogens is 312 g/mol. The van der Waals surface area contributed by atoms with E-state index in [9.17, 15) is 9.59 Å². The predicted octanol–water partition coefficient (Wildman–Crippen LogP) is 1.97. The lowest BCUT2D eigenvalue weighted by Crippen LogP contribution is -2.45. The second kappa shape index (κ2) is 9.00. The highest BCUT2D eigenvalue weighted by molar-refractivity contribution is 5.75. The molecule has 0 atom stereocenters. The molecule has 2 rings (SSSR count). The number of carbonyl (C=O) groups excluding carboxylic acids is 1. The van der Waals surface area contributed by atoms with Crippen LogP contribution in [0.3, 0.4) is 0 Å². The van der Waals surface area contributed by atoms with Crippen LogP contribution in [0.25, 0.3) is 0 Å². The van der Waals surface area contributed by atoms with E-state index >= 15 is 0 Å². The van der Waals surface area contributed by atoms with Gasteiger partial charge in [0.2, 0.25) is 0 Å². The Hall–Kier alpha value is -2.44. The van der Waals surface area contributed by atoms with E-state index in [1.54, 1.807) is 12.0 Å². The number of carbonyl (C=O) groups is 2. The Balaban J connectivity index is 1.60. The first kappa shape index (κ1) is 17.9. The van der Waals surface area contributed by atoms with Gasteiger partial charge < -0.3 is 24.8 Å². The summed E-state index contributed by atoms with van der Waals surface area (Å²) in [5.74, 6) is 0.372. The van der Waals surface area contributed by atoms with Crippen molar-refractivity contribution in [2.24, 2.45) is 5.92 Å². The van der Waals surface area contributed by atoms with E-state index in [0.29, 0.717) is 45.5 Å². The van der Waals surface area contributed by atoms with E-state index in [-0.39, 0.29) is 11.9 Å². The van der Waals surface area contributed by atoms with Gasteiger partial charge >= 0.3 is 12.0 Å². The fourth-order valence-corrected chi connectivity index (χ4v) is 2.59. The highest BCUT2D eigenvalue weighted by atomic mass is 16.5. The Labute approximate surface area is 141 Å². The van der Waals surface area contributed by atoms with Crippen LogP contribution < -0.4 is 14.8 Å². The number of carboxylic acid groups (broad SMARTS) is 1. The van der Waals surface area contributed by atoms with Gasteiger partial charge in [-0.2, -0.15) is 0 Å². The van der Waals surface area contributed by atoms with E-state index in [0.717, 1.165) is 11.5 Å². The summed E-state index contributed by atoms with van der Waals surface area (Å²) in [6.07, 6.45) is 1.72. The molecule has 1 saturated heterocycles. The molecule has 0 spiro atoms. The highest BCUT2D eigenvalue weighted by Gasteiger charge is 2.26. The van der Waals surface area contributed by atoms with Crippen molar-refractivity contribution in [1.82, 2.24) is 10.2 Å². The molecule has 1 fully saturated rings. The number of nitrogens with one attached hydrogen (secondary N) is 1. The van der Waals surface area contributed by atoms with Crippen molar-refractivity contribution in [1.29, 1.82) is 0 Å². The molecule has 0 unspecified atom stereocenters. The number of hydrogen-bond donors (Lipinski definition) is 2. The van der Waals surface area contributed by atoms with Gasteiger partial charge in [-0.05, 0) is 31.4 Å². The number of carboxylic acids is 1. The molecule has 2 amide bonds. The smallest absolute Gasteiger partial charge is 0.317 e. The van der Waals surface area contributed by atoms with E-state index in [1.807, 2.05) is 24.3 Å². The highest BCUT2D eigenvalue weighted by Crippen LogP contribution is 2.19. The van der Waals surface area contributed by atoms with Crippen LogP contribution in [0, 0.1) is 5.92 Å². The molecule has 0 aromatic heterocycles. The van der Waals surface area contributed by atoms with E-state index in [4.69, 9.17) is 14.6 Å². The first-order valence-corrected chi connectivity index (χ1v) is 8.12. The minimum absolute atomic E-state index is 0.139. The second-order valence-corrected chi connectivity index (χ2v) is 5.71. The third kappa shape index (κ3) is 5.33. The van der Waals surface area contributed by atoms with Gasteiger partial charge in [0.1, 0.15) is 11.5 Å². The van der Waals surface area contributed by atoms with Gasteiger partial charge in [0.05, 0.1) is 19.6 Å². The maximum Gasteiger partial charge on any atom is 0.317 e. The van der Waals surface area contributed by atoms with Crippen molar-refractivity contribution in [3.63, 3.8) is 0 Å². The van der Waals surface area contributed by atoms with Gasteiger partial charge in [-0.1, -0.05) is 6.07 Å². The van der Waals surface area contributed by atoms with Gasteiger partial charge in [0, 0.05) is 25.7 Å². The molecule has 7 nitrogen and oxygen atoms in total. The summed E-state index contributed by atoms with van der Waals surface area (Å²) in [5.41, 5.74) is 0. The molecule has 1 heterocycles. The Morgan fingerprint density at radius 1 is 1.29 bits per heavy atom. The number of hydrogen-bond acceptors (Lipinski definition) is 4. The summed E-state index contributed by atoms with van der Waals surface area (Å²) in [6.45, 7) is 1.99. The van der Waals surface area contributed by atoms with Crippen LogP contribution in [-0.4, -0.2) is 55.4 Å². The average molecular weight is 336 g/mol. The molecule has 24 heavy (non-hydrogen) atoms. The molecule has 132 valence electrons. The summed E-state index contributed by atoms with van der Waals surface area (Å²) >= 11 is 0. The number of likely N-dealkylation sites (tertiary alicyclic amines) is 1. The summed E-state index contributed by atoms with van der Waals surface area (Å²) in [5, 5.41) is 11.8. The monoisotopic (exact) mass is 336 g/mol. The molecule has 1 aliphatic rings. The van der Waals surface area contributed by atoms with Crippen LogP contribution in [0.5, 0.6) is 11.5 Å². The van der Waals surface area contributed by atoms with Gasteiger partial charge in [0.15, 0.2) is 0 Å². The molecule has 7 heteroatoms. The molecule has 1 aromatic rings. The zero-order valence-corrected chi connectivity index (χ0v) is 13.9. The van der Waals surface area contributed by atoms with Crippen molar-refractivity contribution in [3.05, 3.63) is 24.3 Å². The molecule has 2 N–H and O–H groups in total. The zero-order valence-electron chi connectivity index (χ0n) is 13.9. The van der Waals surface area contributed by atoms with E-state index in [1.165, 1.54) is 0 Å². The third-order valence-corrected chi connectivity index (χ3v) is 4.04. The summed E-state index contributed by atoms with van der Waals surface area (Å²) in [7, 11) is 1.61. The average Bonchev–Trinajstić information content (AvgIpc) is 2.61. The van der Waals surface area contributed by atoms with E-state index < -0.39 is 5.97 Å². The number of aliphatic carboxylic acids is 1. The van der Waals surface area contributed by atoms with Crippen LogP contribution in [0.15, 0.2) is 24.3 Å². The molecule has 0 aliphatic carbocycles. The number of piperidine rings is 1. The van der Waals surface area contributed by atoms with Gasteiger partial charge in [-0.3, -0.25) is 4.79 Å². The first-order valence-electron chi connectivity index (χ1n) is 8.12. The number of methoxy groups -OCH3 is 1. The minimum atomic E-state index is -0.773. The van der Waals surface area contributed by atoms with Crippen LogP contribution in [0.4, 0.5) is 4.79 Å². The lowest BCUT2D eigenvalue weighted by Gasteiger charge is -2.30. The largest absolute Gasteiger partial charge is 0.497 e. The van der Waals surface area contributed by atoms with Gasteiger partial charge in [0.25, 0.3) is 0 Å². The Kier molecular flexibility index (Phi) is 6.72. The Bertz CT molecular complexity index is 556. The summed E-state index contributed by atoms with van der Waals surface area (Å²) < 4.78 is 10.7. The zero-order chi connectivity index (χ0) is 17.4. The molecule has 0 radical (unpaired) electrons. The maximum absolute atomic E-state index is 12.0. The molecule has 0 saturated carbocycles. The van der Waals surface area contributed by atoms with Crippen molar-refractivity contribution in [3.8, 4) is 11.5 Å². The number of benzene rings is 1. The summed E-state index contributed by atoms with van der Waals surface area (Å²) in [4.78, 5) is 24.6. The lowest BCUT2D eigenvalue weighted by molar-refractivity contribution is -0.143. The Morgan fingerprint density at radius 2 is 2.00 bits per heavy atom. The van der Waals surface area contributed by atoms with Crippen LogP contribution in [0.1, 0.15) is 19.3 Å². The number of ether oxygens (including phenoxy) is 2. The second-order valence-electron chi connectivity index (χ2n) is 5.71. The van der Waals surface area contributed by atoms with Crippen molar-refractivity contribution >= 4 is 12.0 Å². The SMILES string of the molecule is COc1cccc(OCCCNC(=O)N2CCC(C(=O)O)CC2)c1. The topological polar surface area (TPSA) is 88.1 Å². The minimum Gasteiger partial charge on any atom is -0.497 e. The maximum atomic E-state index is 12.0. The summed E-state index contributed by atoms with van der Waals surface area (Å²) in [6, 6.07) is 7.23. The van der Waals surface area contributed by atoms with Gasteiger partial charge in [-0.25, -0.2) is 4.79 Å². The number of amides is 2. The van der Waals surface area contributed by atoms with Crippen molar-refractivity contribution in [2.45, 2.75) is 19.3 Å². The molecule has 1 aliphatic heterocycles. The van der Waals surface area contributed by atoms with Crippen LogP contribution >= 0.6 is 0 Å². The van der Waals surface area contributed by atoms with E-state index in [2.05, 4.69) is 5.32 Å². The molecular formula is C17H24N2O5. The van der Waals surface area contributed by atoms with Gasteiger partial charge in [-0.15, -0.1) is 0 Å². The van der Waals surface area contributed by atoms with Crippen molar-refractivity contribution < 1.29 is 24.2 Å². The molecule has 1 aromatic carbocycles. The quantitative estimate of drug-likeness (QED) is 0.743. The van der Waals surface area contributed by atoms with Crippen LogP contribution in [0.2, 0.25) is 0 Å².